The molecule has 0 aliphatic carbocycles. The molecular weight excluding hydrogens is 278 g/mol. The second-order valence-electron chi connectivity index (χ2n) is 5.43. The Balaban J connectivity index is 1.95. The van der Waals surface area contributed by atoms with Crippen LogP contribution in [0.4, 0.5) is 5.69 Å². The van der Waals surface area contributed by atoms with E-state index in [-0.39, 0.29) is 10.7 Å². The van der Waals surface area contributed by atoms with Gasteiger partial charge in [0.1, 0.15) is 5.02 Å². The molecule has 1 aliphatic heterocycles. The van der Waals surface area contributed by atoms with Crippen molar-refractivity contribution in [3.8, 4) is 0 Å². The van der Waals surface area contributed by atoms with E-state index in [0.29, 0.717) is 12.5 Å². The van der Waals surface area contributed by atoms with Crippen LogP contribution < -0.4 is 5.32 Å². The first-order valence-electron chi connectivity index (χ1n) is 6.88. The summed E-state index contributed by atoms with van der Waals surface area (Å²) in [5.74, 6) is 0.712. The van der Waals surface area contributed by atoms with Gasteiger partial charge < -0.3 is 10.2 Å². The van der Waals surface area contributed by atoms with E-state index in [1.54, 1.807) is 12.1 Å². The molecule has 0 radical (unpaired) electrons. The highest BCUT2D eigenvalue weighted by molar-refractivity contribution is 6.32. The summed E-state index contributed by atoms with van der Waals surface area (Å²) in [6.07, 6.45) is 2.40. The van der Waals surface area contributed by atoms with Crippen LogP contribution in [0.15, 0.2) is 18.2 Å². The van der Waals surface area contributed by atoms with Crippen molar-refractivity contribution in [2.75, 3.05) is 26.7 Å². The van der Waals surface area contributed by atoms with E-state index in [4.69, 9.17) is 11.6 Å². The lowest BCUT2D eigenvalue weighted by atomic mass is 9.97. The number of hydrogen-bond acceptors (Lipinski definition) is 4. The Morgan fingerprint density at radius 1 is 1.45 bits per heavy atom. The third kappa shape index (κ3) is 4.16. The normalized spacial score (nSPS) is 16.6. The van der Waals surface area contributed by atoms with Gasteiger partial charge in [0.25, 0.3) is 5.69 Å². The Kier molecular flexibility index (Phi) is 5.34. The van der Waals surface area contributed by atoms with Gasteiger partial charge in [0.05, 0.1) is 4.92 Å². The van der Waals surface area contributed by atoms with Gasteiger partial charge in [-0.3, -0.25) is 10.1 Å². The predicted molar refractivity (Wildman–Crippen MR) is 80.0 cm³/mol. The smallest absolute Gasteiger partial charge is 0.288 e. The van der Waals surface area contributed by atoms with E-state index in [0.717, 1.165) is 25.2 Å². The van der Waals surface area contributed by atoms with Gasteiger partial charge in [-0.15, -0.1) is 0 Å². The van der Waals surface area contributed by atoms with Crippen LogP contribution in [-0.4, -0.2) is 36.5 Å². The third-order valence-corrected chi connectivity index (χ3v) is 4.01. The molecule has 1 aliphatic rings. The highest BCUT2D eigenvalue weighted by Crippen LogP contribution is 2.25. The van der Waals surface area contributed by atoms with E-state index in [2.05, 4.69) is 17.3 Å². The number of halogens is 1. The number of nitro benzene ring substituents is 1. The van der Waals surface area contributed by atoms with Crippen LogP contribution >= 0.6 is 11.6 Å². The average molecular weight is 298 g/mol. The number of nitrogens with zero attached hydrogens (tertiary/aromatic N) is 2. The number of nitrogens with one attached hydrogen (secondary N) is 1. The maximum absolute atomic E-state index is 10.9. The number of nitro groups is 1. The molecular formula is C14H20ClN3O2. The fourth-order valence-corrected chi connectivity index (χ4v) is 2.86. The van der Waals surface area contributed by atoms with Gasteiger partial charge in [-0.05, 0) is 50.5 Å². The zero-order chi connectivity index (χ0) is 14.5. The van der Waals surface area contributed by atoms with Gasteiger partial charge in [0.2, 0.25) is 0 Å². The van der Waals surface area contributed by atoms with Gasteiger partial charge in [0, 0.05) is 19.2 Å². The highest BCUT2D eigenvalue weighted by Gasteiger charge is 2.17. The fourth-order valence-electron chi connectivity index (χ4n) is 2.68. The molecule has 6 heteroatoms. The minimum Gasteiger partial charge on any atom is -0.317 e. The third-order valence-electron chi connectivity index (χ3n) is 3.69. The lowest BCUT2D eigenvalue weighted by molar-refractivity contribution is -0.384. The molecule has 0 aromatic heterocycles. The van der Waals surface area contributed by atoms with Crippen molar-refractivity contribution in [2.45, 2.75) is 19.4 Å². The van der Waals surface area contributed by atoms with Crippen LogP contribution in [-0.2, 0) is 6.54 Å². The minimum absolute atomic E-state index is 0.0144. The molecule has 0 unspecified atom stereocenters. The summed E-state index contributed by atoms with van der Waals surface area (Å²) < 4.78 is 0. The molecule has 1 heterocycles. The van der Waals surface area contributed by atoms with E-state index in [1.807, 2.05) is 6.07 Å². The maximum atomic E-state index is 10.9. The van der Waals surface area contributed by atoms with Crippen molar-refractivity contribution in [3.63, 3.8) is 0 Å². The zero-order valence-corrected chi connectivity index (χ0v) is 12.4. The predicted octanol–water partition coefficient (Wildman–Crippen LogP) is 2.68. The maximum Gasteiger partial charge on any atom is 0.288 e. The Hall–Kier alpha value is -1.17. The second-order valence-corrected chi connectivity index (χ2v) is 5.84. The van der Waals surface area contributed by atoms with Crippen molar-refractivity contribution in [3.05, 3.63) is 38.9 Å². The first-order chi connectivity index (χ1) is 9.56. The quantitative estimate of drug-likeness (QED) is 0.670. The number of rotatable bonds is 5. The average Bonchev–Trinajstić information content (AvgIpc) is 2.41. The summed E-state index contributed by atoms with van der Waals surface area (Å²) in [5.41, 5.74) is 0.914. The Morgan fingerprint density at radius 3 is 2.80 bits per heavy atom. The number of piperidine rings is 1. The van der Waals surface area contributed by atoms with E-state index in [1.165, 1.54) is 12.8 Å². The van der Waals surface area contributed by atoms with Crippen molar-refractivity contribution in [1.29, 1.82) is 0 Å². The topological polar surface area (TPSA) is 58.4 Å². The Morgan fingerprint density at radius 2 is 2.15 bits per heavy atom. The zero-order valence-electron chi connectivity index (χ0n) is 11.6. The van der Waals surface area contributed by atoms with E-state index in [9.17, 15) is 10.1 Å². The SMILES string of the molecule is CN(Cc1ccc(Cl)c([N+](=O)[O-])c1)CC1CCNCC1. The fraction of sp³-hybridized carbons (Fsp3) is 0.571. The molecule has 1 aromatic carbocycles. The molecule has 1 saturated heterocycles. The summed E-state index contributed by atoms with van der Waals surface area (Å²) >= 11 is 5.82. The molecule has 0 spiro atoms. The summed E-state index contributed by atoms with van der Waals surface area (Å²) in [4.78, 5) is 12.7. The lowest BCUT2D eigenvalue weighted by Gasteiger charge is -2.27. The van der Waals surface area contributed by atoms with E-state index >= 15 is 0 Å². The van der Waals surface area contributed by atoms with Gasteiger partial charge in [0.15, 0.2) is 0 Å². The van der Waals surface area contributed by atoms with Crippen LogP contribution in [0.1, 0.15) is 18.4 Å². The lowest BCUT2D eigenvalue weighted by Crippen LogP contribution is -2.34. The summed E-state index contributed by atoms with van der Waals surface area (Å²) in [6, 6.07) is 5.03. The molecule has 0 bridgehead atoms. The highest BCUT2D eigenvalue weighted by atomic mass is 35.5. The van der Waals surface area contributed by atoms with E-state index < -0.39 is 4.92 Å². The summed E-state index contributed by atoms with van der Waals surface area (Å²) in [6.45, 7) is 3.91. The molecule has 2 rings (SSSR count). The van der Waals surface area contributed by atoms with Crippen molar-refractivity contribution in [2.24, 2.45) is 5.92 Å². The first-order valence-corrected chi connectivity index (χ1v) is 7.26. The van der Waals surface area contributed by atoms with Gasteiger partial charge in [-0.2, -0.15) is 0 Å². The molecule has 1 N–H and O–H groups in total. The van der Waals surface area contributed by atoms with Gasteiger partial charge in [-0.25, -0.2) is 0 Å². The van der Waals surface area contributed by atoms with Gasteiger partial charge in [-0.1, -0.05) is 17.7 Å². The summed E-state index contributed by atoms with van der Waals surface area (Å²) in [5, 5.41) is 14.4. The Labute approximate surface area is 124 Å². The van der Waals surface area contributed by atoms with Crippen LogP contribution in [0.25, 0.3) is 0 Å². The largest absolute Gasteiger partial charge is 0.317 e. The minimum atomic E-state index is -0.432. The molecule has 0 atom stereocenters. The first kappa shape index (κ1) is 15.2. The molecule has 0 amide bonds. The molecule has 110 valence electrons. The van der Waals surface area contributed by atoms with Crippen LogP contribution in [0.2, 0.25) is 5.02 Å². The summed E-state index contributed by atoms with van der Waals surface area (Å²) in [7, 11) is 2.06. The standard InChI is InChI=1S/C14H20ClN3O2/c1-17(9-11-4-6-16-7-5-11)10-12-2-3-13(15)14(8-12)18(19)20/h2-3,8,11,16H,4-7,9-10H2,1H3. The van der Waals surface area contributed by atoms with Crippen LogP contribution in [0, 0.1) is 16.0 Å². The van der Waals surface area contributed by atoms with Crippen LogP contribution in [0.5, 0.6) is 0 Å². The molecule has 1 aromatic rings. The Bertz CT molecular complexity index is 475. The molecule has 20 heavy (non-hydrogen) atoms. The molecule has 1 fully saturated rings. The van der Waals surface area contributed by atoms with Gasteiger partial charge >= 0.3 is 0 Å². The van der Waals surface area contributed by atoms with Crippen molar-refractivity contribution >= 4 is 17.3 Å². The molecule has 5 nitrogen and oxygen atoms in total. The van der Waals surface area contributed by atoms with Crippen LogP contribution in [0.3, 0.4) is 0 Å². The van der Waals surface area contributed by atoms with Crippen molar-refractivity contribution < 1.29 is 4.92 Å². The van der Waals surface area contributed by atoms with Crippen molar-refractivity contribution in [1.82, 2.24) is 10.2 Å². The number of benzene rings is 1. The number of hydrogen-bond donors (Lipinski definition) is 1. The second kappa shape index (κ2) is 7.02. The monoisotopic (exact) mass is 297 g/mol. The molecule has 0 saturated carbocycles.